The zero-order valence-corrected chi connectivity index (χ0v) is 12.9. The number of carbonyl (C=O) groups is 1. The third-order valence-corrected chi connectivity index (χ3v) is 4.91. The molecule has 1 saturated heterocycles. The summed E-state index contributed by atoms with van der Waals surface area (Å²) in [6, 6.07) is 1.32. The molecule has 0 bridgehead atoms. The van der Waals surface area contributed by atoms with Crippen LogP contribution in [0, 0.1) is 5.92 Å². The van der Waals surface area contributed by atoms with E-state index in [1.54, 1.807) is 0 Å². The molecule has 116 valence electrons. The van der Waals surface area contributed by atoms with E-state index in [2.05, 4.69) is 19.4 Å². The van der Waals surface area contributed by atoms with Gasteiger partial charge in [-0.2, -0.15) is 12.7 Å². The number of ether oxygens (including phenoxy) is 1. The van der Waals surface area contributed by atoms with E-state index < -0.39 is 10.2 Å². The number of carbonyl (C=O) groups excluding carboxylic acids is 1. The first-order valence-electron chi connectivity index (χ1n) is 6.25. The molecule has 1 aliphatic heterocycles. The molecule has 8 nitrogen and oxygen atoms in total. The first-order valence-corrected chi connectivity index (χ1v) is 8.07. The summed E-state index contributed by atoms with van der Waals surface area (Å²) in [5.74, 6) is -0.456. The average molecular weight is 335 g/mol. The molecule has 1 aromatic rings. The van der Waals surface area contributed by atoms with Crippen LogP contribution in [-0.2, 0) is 19.7 Å². The number of rotatable bonds is 4. The van der Waals surface area contributed by atoms with E-state index in [0.29, 0.717) is 12.8 Å². The lowest BCUT2D eigenvalue weighted by Crippen LogP contribution is -2.43. The first kappa shape index (κ1) is 15.9. The number of aromatic nitrogens is 2. The smallest absolute Gasteiger partial charge is 0.308 e. The number of methoxy groups -OCH3 is 1. The van der Waals surface area contributed by atoms with Gasteiger partial charge in [-0.1, -0.05) is 11.6 Å². The average Bonchev–Trinajstić information content (AvgIpc) is 2.46. The van der Waals surface area contributed by atoms with Crippen molar-refractivity contribution in [2.45, 2.75) is 12.8 Å². The Bertz CT molecular complexity index is 616. The number of nitrogens with zero attached hydrogens (tertiary/aromatic N) is 3. The van der Waals surface area contributed by atoms with Gasteiger partial charge in [-0.3, -0.25) is 9.52 Å². The first-order chi connectivity index (χ1) is 9.92. The van der Waals surface area contributed by atoms with Gasteiger partial charge in [-0.05, 0) is 12.8 Å². The highest BCUT2D eigenvalue weighted by molar-refractivity contribution is 7.90. The fraction of sp³-hybridized carbons (Fsp3) is 0.545. The van der Waals surface area contributed by atoms with Gasteiger partial charge in [0.2, 0.25) is 0 Å². The van der Waals surface area contributed by atoms with Crippen LogP contribution in [-0.4, -0.2) is 48.9 Å². The highest BCUT2D eigenvalue weighted by Gasteiger charge is 2.31. The SMILES string of the molecule is COC(=O)C1CCN(S(=O)(=O)Nc2cc(Cl)ncn2)CC1. The maximum Gasteiger partial charge on any atom is 0.308 e. The summed E-state index contributed by atoms with van der Waals surface area (Å²) in [6.45, 7) is 0.488. The molecule has 2 rings (SSSR count). The topological polar surface area (TPSA) is 101 Å². The van der Waals surface area contributed by atoms with Crippen molar-refractivity contribution in [3.8, 4) is 0 Å². The highest BCUT2D eigenvalue weighted by Crippen LogP contribution is 2.21. The lowest BCUT2D eigenvalue weighted by Gasteiger charge is -2.29. The molecular formula is C11H15ClN4O4S. The summed E-state index contributed by atoms with van der Waals surface area (Å²) in [5.41, 5.74) is 0. The molecule has 0 aliphatic carbocycles. The van der Waals surface area contributed by atoms with Crippen LogP contribution in [0.5, 0.6) is 0 Å². The fourth-order valence-corrected chi connectivity index (χ4v) is 3.43. The number of nitrogens with one attached hydrogen (secondary N) is 1. The molecule has 2 heterocycles. The van der Waals surface area contributed by atoms with Gasteiger partial charge in [0, 0.05) is 19.2 Å². The van der Waals surface area contributed by atoms with Gasteiger partial charge in [0.1, 0.15) is 17.3 Å². The zero-order valence-electron chi connectivity index (χ0n) is 11.3. The third-order valence-electron chi connectivity index (χ3n) is 3.20. The molecule has 0 aromatic carbocycles. The van der Waals surface area contributed by atoms with Crippen molar-refractivity contribution < 1.29 is 17.9 Å². The summed E-state index contributed by atoms with van der Waals surface area (Å²) >= 11 is 5.68. The molecule has 0 radical (unpaired) electrons. The molecule has 0 atom stereocenters. The van der Waals surface area contributed by atoms with E-state index in [-0.39, 0.29) is 35.9 Å². The number of halogens is 1. The quantitative estimate of drug-likeness (QED) is 0.641. The molecule has 0 saturated carbocycles. The zero-order chi connectivity index (χ0) is 15.5. The molecule has 0 spiro atoms. The van der Waals surface area contributed by atoms with Crippen LogP contribution < -0.4 is 4.72 Å². The second-order valence-electron chi connectivity index (χ2n) is 4.53. The maximum atomic E-state index is 12.2. The van der Waals surface area contributed by atoms with E-state index in [9.17, 15) is 13.2 Å². The minimum absolute atomic E-state index is 0.102. The maximum absolute atomic E-state index is 12.2. The molecule has 1 aliphatic rings. The Morgan fingerprint density at radius 1 is 1.43 bits per heavy atom. The predicted octanol–water partition coefficient (Wildman–Crippen LogP) is 0.672. The minimum Gasteiger partial charge on any atom is -0.469 e. The van der Waals surface area contributed by atoms with E-state index >= 15 is 0 Å². The van der Waals surface area contributed by atoms with Crippen molar-refractivity contribution in [3.05, 3.63) is 17.5 Å². The Balaban J connectivity index is 2.00. The van der Waals surface area contributed by atoms with Gasteiger partial charge < -0.3 is 4.74 Å². The van der Waals surface area contributed by atoms with Gasteiger partial charge in [0.05, 0.1) is 13.0 Å². The van der Waals surface area contributed by atoms with Crippen molar-refractivity contribution in [2.24, 2.45) is 5.92 Å². The van der Waals surface area contributed by atoms with Crippen LogP contribution >= 0.6 is 11.6 Å². The van der Waals surface area contributed by atoms with Crippen molar-refractivity contribution >= 4 is 33.6 Å². The Hall–Kier alpha value is -1.45. The van der Waals surface area contributed by atoms with Crippen LogP contribution in [0.3, 0.4) is 0 Å². The van der Waals surface area contributed by atoms with Gasteiger partial charge in [0.15, 0.2) is 0 Å². The summed E-state index contributed by atoms with van der Waals surface area (Å²) in [5, 5.41) is 0.145. The summed E-state index contributed by atoms with van der Waals surface area (Å²) in [6.07, 6.45) is 2.03. The molecule has 21 heavy (non-hydrogen) atoms. The molecule has 10 heteroatoms. The van der Waals surface area contributed by atoms with Crippen LogP contribution in [0.2, 0.25) is 5.15 Å². The Labute approximate surface area is 127 Å². The Morgan fingerprint density at radius 2 is 2.10 bits per heavy atom. The normalized spacial score (nSPS) is 17.4. The fourth-order valence-electron chi connectivity index (χ4n) is 2.08. The number of hydrogen-bond donors (Lipinski definition) is 1. The van der Waals surface area contributed by atoms with E-state index in [4.69, 9.17) is 11.6 Å². The second kappa shape index (κ2) is 6.54. The lowest BCUT2D eigenvalue weighted by molar-refractivity contribution is -0.146. The van der Waals surface area contributed by atoms with Crippen LogP contribution in [0.25, 0.3) is 0 Å². The summed E-state index contributed by atoms with van der Waals surface area (Å²) in [4.78, 5) is 18.9. The summed E-state index contributed by atoms with van der Waals surface area (Å²) in [7, 11) is -2.40. The monoisotopic (exact) mass is 334 g/mol. The van der Waals surface area contributed by atoms with Crippen molar-refractivity contribution in [1.82, 2.24) is 14.3 Å². The van der Waals surface area contributed by atoms with Crippen molar-refractivity contribution in [2.75, 3.05) is 24.9 Å². The van der Waals surface area contributed by atoms with Crippen molar-refractivity contribution in [1.29, 1.82) is 0 Å². The van der Waals surface area contributed by atoms with Gasteiger partial charge in [0.25, 0.3) is 0 Å². The number of hydrogen-bond acceptors (Lipinski definition) is 6. The van der Waals surface area contributed by atoms with E-state index in [1.165, 1.54) is 23.8 Å². The van der Waals surface area contributed by atoms with Crippen molar-refractivity contribution in [3.63, 3.8) is 0 Å². The van der Waals surface area contributed by atoms with E-state index in [0.717, 1.165) is 0 Å². The standard InChI is InChI=1S/C11H15ClN4O4S/c1-20-11(17)8-2-4-16(5-3-8)21(18,19)15-10-6-9(12)13-7-14-10/h6-8H,2-5H2,1H3,(H,13,14,15). The largest absolute Gasteiger partial charge is 0.469 e. The molecule has 0 amide bonds. The number of anilines is 1. The van der Waals surface area contributed by atoms with Gasteiger partial charge in [-0.25, -0.2) is 9.97 Å². The highest BCUT2D eigenvalue weighted by atomic mass is 35.5. The molecular weight excluding hydrogens is 320 g/mol. The van der Waals surface area contributed by atoms with Crippen LogP contribution in [0.4, 0.5) is 5.82 Å². The molecule has 1 fully saturated rings. The number of piperidine rings is 1. The van der Waals surface area contributed by atoms with Gasteiger partial charge in [-0.15, -0.1) is 0 Å². The summed E-state index contributed by atoms with van der Waals surface area (Å²) < 4.78 is 32.7. The molecule has 1 aromatic heterocycles. The second-order valence-corrected chi connectivity index (χ2v) is 6.59. The third kappa shape index (κ3) is 4.02. The van der Waals surface area contributed by atoms with Crippen LogP contribution in [0.15, 0.2) is 12.4 Å². The van der Waals surface area contributed by atoms with E-state index in [1.807, 2.05) is 0 Å². The Kier molecular flexibility index (Phi) is 4.96. The van der Waals surface area contributed by atoms with Crippen LogP contribution in [0.1, 0.15) is 12.8 Å². The molecule has 0 unspecified atom stereocenters. The number of esters is 1. The lowest BCUT2D eigenvalue weighted by atomic mass is 9.99. The minimum atomic E-state index is -3.73. The predicted molar refractivity (Wildman–Crippen MR) is 75.9 cm³/mol. The molecule has 1 N–H and O–H groups in total. The van der Waals surface area contributed by atoms with Gasteiger partial charge >= 0.3 is 16.2 Å². The Morgan fingerprint density at radius 3 is 2.67 bits per heavy atom.